The van der Waals surface area contributed by atoms with E-state index in [1.807, 2.05) is 0 Å². The molecule has 0 unspecified atom stereocenters. The summed E-state index contributed by atoms with van der Waals surface area (Å²) < 4.78 is 1.47. The number of carbonyl (C=O) groups excluding carboxylic acids is 1. The van der Waals surface area contributed by atoms with E-state index in [9.17, 15) is 19.7 Å². The van der Waals surface area contributed by atoms with Gasteiger partial charge >= 0.3 is 5.69 Å². The molecule has 22 heavy (non-hydrogen) atoms. The van der Waals surface area contributed by atoms with E-state index in [1.54, 1.807) is 19.9 Å². The maximum Gasteiger partial charge on any atom is 0.325 e. The van der Waals surface area contributed by atoms with Gasteiger partial charge in [0.25, 0.3) is 5.69 Å². The monoisotopic (exact) mass is 304 g/mol. The molecule has 0 radical (unpaired) electrons. The van der Waals surface area contributed by atoms with Crippen LogP contribution in [0.3, 0.4) is 0 Å². The zero-order chi connectivity index (χ0) is 16.3. The van der Waals surface area contributed by atoms with E-state index in [4.69, 9.17) is 0 Å². The first kappa shape index (κ1) is 15.5. The zero-order valence-corrected chi connectivity index (χ0v) is 12.3. The van der Waals surface area contributed by atoms with Gasteiger partial charge in [-0.1, -0.05) is 12.1 Å². The standard InChI is InChI=1S/C14H16N4O4/c1-9-10(2)17(14(20)15-9)8-7-13(19)16-11-5-3-4-6-12(11)18(21)22/h3-6H,7-8H2,1-2H3,(H,15,20)(H,16,19). The number of rotatable bonds is 5. The van der Waals surface area contributed by atoms with Crippen LogP contribution >= 0.6 is 0 Å². The molecule has 0 fully saturated rings. The second kappa shape index (κ2) is 6.25. The summed E-state index contributed by atoms with van der Waals surface area (Å²) in [5, 5.41) is 13.4. The maximum atomic E-state index is 11.9. The summed E-state index contributed by atoms with van der Waals surface area (Å²) in [6.07, 6.45) is 0.0457. The molecule has 1 amide bonds. The van der Waals surface area contributed by atoms with E-state index in [1.165, 1.54) is 22.8 Å². The van der Waals surface area contributed by atoms with Crippen LogP contribution in [0.4, 0.5) is 11.4 Å². The van der Waals surface area contributed by atoms with E-state index in [0.717, 1.165) is 11.4 Å². The number of amides is 1. The van der Waals surface area contributed by atoms with Crippen molar-refractivity contribution >= 4 is 17.3 Å². The fraction of sp³-hybridized carbons (Fsp3) is 0.286. The van der Waals surface area contributed by atoms with Crippen molar-refractivity contribution in [3.05, 3.63) is 56.3 Å². The number of hydrogen-bond acceptors (Lipinski definition) is 4. The van der Waals surface area contributed by atoms with Gasteiger partial charge in [-0.05, 0) is 19.9 Å². The van der Waals surface area contributed by atoms with Gasteiger partial charge in [-0.25, -0.2) is 4.79 Å². The van der Waals surface area contributed by atoms with E-state index in [0.29, 0.717) is 0 Å². The van der Waals surface area contributed by atoms with Gasteiger partial charge in [-0.2, -0.15) is 0 Å². The molecule has 1 aromatic heterocycles. The molecular formula is C14H16N4O4. The van der Waals surface area contributed by atoms with Crippen molar-refractivity contribution in [2.24, 2.45) is 0 Å². The first-order valence-corrected chi connectivity index (χ1v) is 6.69. The minimum atomic E-state index is -0.556. The van der Waals surface area contributed by atoms with Crippen molar-refractivity contribution in [3.8, 4) is 0 Å². The van der Waals surface area contributed by atoms with Crippen molar-refractivity contribution in [2.45, 2.75) is 26.8 Å². The Morgan fingerprint density at radius 2 is 2.05 bits per heavy atom. The summed E-state index contributed by atoms with van der Waals surface area (Å²) in [7, 11) is 0. The van der Waals surface area contributed by atoms with Crippen molar-refractivity contribution in [3.63, 3.8) is 0 Å². The van der Waals surface area contributed by atoms with Gasteiger partial charge in [0.1, 0.15) is 5.69 Å². The zero-order valence-electron chi connectivity index (χ0n) is 12.3. The van der Waals surface area contributed by atoms with Crippen LogP contribution in [0.25, 0.3) is 0 Å². The number of nitrogens with zero attached hydrogens (tertiary/aromatic N) is 2. The van der Waals surface area contributed by atoms with Crippen LogP contribution in [-0.2, 0) is 11.3 Å². The van der Waals surface area contributed by atoms with Crippen molar-refractivity contribution in [1.82, 2.24) is 9.55 Å². The number of aryl methyl sites for hydroxylation is 1. The van der Waals surface area contributed by atoms with Crippen molar-refractivity contribution in [2.75, 3.05) is 5.32 Å². The first-order valence-electron chi connectivity index (χ1n) is 6.69. The molecule has 0 spiro atoms. The normalized spacial score (nSPS) is 10.5. The second-order valence-corrected chi connectivity index (χ2v) is 4.86. The highest BCUT2D eigenvalue weighted by Gasteiger charge is 2.15. The molecule has 116 valence electrons. The number of hydrogen-bond donors (Lipinski definition) is 2. The smallest absolute Gasteiger partial charge is 0.320 e. The van der Waals surface area contributed by atoms with Gasteiger partial charge in [-0.3, -0.25) is 19.5 Å². The third-order valence-electron chi connectivity index (χ3n) is 3.42. The lowest BCUT2D eigenvalue weighted by Crippen LogP contribution is -2.22. The van der Waals surface area contributed by atoms with Crippen molar-refractivity contribution < 1.29 is 9.72 Å². The van der Waals surface area contributed by atoms with Gasteiger partial charge in [0, 0.05) is 30.4 Å². The average Bonchev–Trinajstić information content (AvgIpc) is 2.70. The second-order valence-electron chi connectivity index (χ2n) is 4.86. The van der Waals surface area contributed by atoms with Crippen LogP contribution in [0.5, 0.6) is 0 Å². The Hall–Kier alpha value is -2.90. The van der Waals surface area contributed by atoms with E-state index < -0.39 is 4.92 Å². The SMILES string of the molecule is Cc1[nH]c(=O)n(CCC(=O)Nc2ccccc2[N+](=O)[O-])c1C. The molecule has 0 bridgehead atoms. The minimum absolute atomic E-state index is 0.0457. The number of para-hydroxylation sites is 2. The van der Waals surface area contributed by atoms with Crippen LogP contribution in [-0.4, -0.2) is 20.4 Å². The lowest BCUT2D eigenvalue weighted by Gasteiger charge is -2.07. The number of benzene rings is 1. The molecule has 2 rings (SSSR count). The molecule has 8 nitrogen and oxygen atoms in total. The van der Waals surface area contributed by atoms with E-state index in [-0.39, 0.29) is 35.9 Å². The highest BCUT2D eigenvalue weighted by molar-refractivity contribution is 5.92. The predicted molar refractivity (Wildman–Crippen MR) is 80.9 cm³/mol. The number of anilines is 1. The number of H-pyrrole nitrogens is 1. The summed E-state index contributed by atoms with van der Waals surface area (Å²) in [6.45, 7) is 3.77. The highest BCUT2D eigenvalue weighted by atomic mass is 16.6. The molecule has 0 atom stereocenters. The lowest BCUT2D eigenvalue weighted by atomic mass is 10.2. The van der Waals surface area contributed by atoms with Crippen molar-refractivity contribution in [1.29, 1.82) is 0 Å². The number of imidazole rings is 1. The van der Waals surface area contributed by atoms with E-state index >= 15 is 0 Å². The molecular weight excluding hydrogens is 288 g/mol. The Morgan fingerprint density at radius 3 is 2.64 bits per heavy atom. The Morgan fingerprint density at radius 1 is 1.36 bits per heavy atom. The minimum Gasteiger partial charge on any atom is -0.320 e. The summed E-state index contributed by atoms with van der Waals surface area (Å²) in [5.74, 6) is -0.389. The largest absolute Gasteiger partial charge is 0.325 e. The summed E-state index contributed by atoms with van der Waals surface area (Å²) in [6, 6.07) is 5.92. The number of nitrogens with one attached hydrogen (secondary N) is 2. The molecule has 0 aliphatic heterocycles. The maximum absolute atomic E-state index is 11.9. The molecule has 1 heterocycles. The number of aromatic amines is 1. The Kier molecular flexibility index (Phi) is 4.40. The number of carbonyl (C=O) groups is 1. The highest BCUT2D eigenvalue weighted by Crippen LogP contribution is 2.23. The molecule has 8 heteroatoms. The van der Waals surface area contributed by atoms with Gasteiger partial charge in [0.2, 0.25) is 5.91 Å². The van der Waals surface area contributed by atoms with Crippen LogP contribution in [0, 0.1) is 24.0 Å². The van der Waals surface area contributed by atoms with Crippen LogP contribution in [0.1, 0.15) is 17.8 Å². The molecule has 2 aromatic rings. The molecule has 2 N–H and O–H groups in total. The predicted octanol–water partition coefficient (Wildman–Crippen LogP) is 1.73. The number of aromatic nitrogens is 2. The third-order valence-corrected chi connectivity index (χ3v) is 3.42. The van der Waals surface area contributed by atoms with Crippen LogP contribution < -0.4 is 11.0 Å². The molecule has 0 saturated heterocycles. The number of nitro benzene ring substituents is 1. The Labute approximate surface area is 125 Å². The van der Waals surface area contributed by atoms with Gasteiger partial charge < -0.3 is 10.3 Å². The summed E-state index contributed by atoms with van der Waals surface area (Å²) in [5.41, 5.74) is 1.23. The molecule has 0 aliphatic carbocycles. The Balaban J connectivity index is 2.05. The lowest BCUT2D eigenvalue weighted by molar-refractivity contribution is -0.383. The molecule has 0 aliphatic rings. The summed E-state index contributed by atoms with van der Waals surface area (Å²) in [4.78, 5) is 36.6. The Bertz CT molecular complexity index is 775. The third kappa shape index (κ3) is 3.22. The van der Waals surface area contributed by atoms with E-state index in [2.05, 4.69) is 10.3 Å². The van der Waals surface area contributed by atoms with Gasteiger partial charge in [0.05, 0.1) is 4.92 Å². The number of nitro groups is 1. The fourth-order valence-electron chi connectivity index (χ4n) is 2.11. The molecule has 1 aromatic carbocycles. The van der Waals surface area contributed by atoms with Crippen LogP contribution in [0.2, 0.25) is 0 Å². The van der Waals surface area contributed by atoms with Crippen LogP contribution in [0.15, 0.2) is 29.1 Å². The van der Waals surface area contributed by atoms with Gasteiger partial charge in [0.15, 0.2) is 0 Å². The summed E-state index contributed by atoms with van der Waals surface area (Å²) >= 11 is 0. The fourth-order valence-corrected chi connectivity index (χ4v) is 2.11. The first-order chi connectivity index (χ1) is 10.4. The van der Waals surface area contributed by atoms with Gasteiger partial charge in [-0.15, -0.1) is 0 Å². The average molecular weight is 304 g/mol. The quantitative estimate of drug-likeness (QED) is 0.647. The molecule has 0 saturated carbocycles. The topological polar surface area (TPSA) is 110 Å².